The summed E-state index contributed by atoms with van der Waals surface area (Å²) in [4.78, 5) is 32.2. The number of carbonyl (C=O) groups is 2. The van der Waals surface area contributed by atoms with E-state index in [-0.39, 0.29) is 24.2 Å². The molecular weight excluding hydrogens is 417 g/mol. The van der Waals surface area contributed by atoms with Crippen LogP contribution in [0.1, 0.15) is 22.3 Å². The van der Waals surface area contributed by atoms with Gasteiger partial charge in [-0.2, -0.15) is 0 Å². The number of amides is 2. The number of likely N-dealkylation sites (tertiary alicyclic amines) is 1. The molecule has 0 bridgehead atoms. The molecule has 1 aliphatic heterocycles. The fourth-order valence-corrected chi connectivity index (χ4v) is 4.46. The van der Waals surface area contributed by atoms with Crippen molar-refractivity contribution < 1.29 is 14.0 Å². The van der Waals surface area contributed by atoms with Crippen LogP contribution in [0.25, 0.3) is 11.1 Å². The fraction of sp³-hybridized carbons (Fsp3) is 0.222. The lowest BCUT2D eigenvalue weighted by Crippen LogP contribution is -2.45. The Morgan fingerprint density at radius 1 is 1.09 bits per heavy atom. The minimum Gasteiger partial charge on any atom is -0.352 e. The van der Waals surface area contributed by atoms with Crippen molar-refractivity contribution in [2.24, 2.45) is 5.41 Å². The summed E-state index contributed by atoms with van der Waals surface area (Å²) in [6.07, 6.45) is 5.68. The zero-order valence-corrected chi connectivity index (χ0v) is 18.3. The molecular formula is C27H26FN3O2. The zero-order valence-electron chi connectivity index (χ0n) is 18.3. The van der Waals surface area contributed by atoms with E-state index in [1.807, 2.05) is 24.3 Å². The van der Waals surface area contributed by atoms with Gasteiger partial charge in [-0.1, -0.05) is 48.5 Å². The van der Waals surface area contributed by atoms with Crippen LogP contribution in [0.3, 0.4) is 0 Å². The number of benzene rings is 2. The molecule has 168 valence electrons. The number of halogens is 1. The first-order valence-corrected chi connectivity index (χ1v) is 11.0. The maximum atomic E-state index is 14.6. The van der Waals surface area contributed by atoms with Crippen LogP contribution in [0, 0.1) is 11.2 Å². The number of nitrogens with zero attached hydrogens (tertiary/aromatic N) is 2. The van der Waals surface area contributed by atoms with E-state index in [9.17, 15) is 14.0 Å². The molecule has 33 heavy (non-hydrogen) atoms. The molecule has 0 radical (unpaired) electrons. The highest BCUT2D eigenvalue weighted by molar-refractivity contribution is 5.95. The SMILES string of the molecule is C=CCNC(=O)C1(Cc2ccccc2-c2ccccc2F)CCN(C(=O)c2cccnc2)C1. The van der Waals surface area contributed by atoms with Gasteiger partial charge in [0, 0.05) is 37.6 Å². The number of rotatable bonds is 7. The molecule has 1 fully saturated rings. The zero-order chi connectivity index (χ0) is 23.3. The van der Waals surface area contributed by atoms with Crippen LogP contribution in [-0.4, -0.2) is 41.3 Å². The lowest BCUT2D eigenvalue weighted by Gasteiger charge is -2.29. The van der Waals surface area contributed by atoms with Gasteiger partial charge in [-0.15, -0.1) is 6.58 Å². The van der Waals surface area contributed by atoms with Gasteiger partial charge in [0.25, 0.3) is 5.91 Å². The van der Waals surface area contributed by atoms with Crippen molar-refractivity contribution in [3.63, 3.8) is 0 Å². The van der Waals surface area contributed by atoms with Gasteiger partial charge < -0.3 is 10.2 Å². The first-order chi connectivity index (χ1) is 16.0. The Balaban J connectivity index is 1.67. The van der Waals surface area contributed by atoms with Crippen molar-refractivity contribution in [3.05, 3.63) is 103 Å². The molecule has 1 saturated heterocycles. The molecule has 1 N–H and O–H groups in total. The van der Waals surface area contributed by atoms with E-state index in [0.717, 1.165) is 11.1 Å². The molecule has 1 unspecified atom stereocenters. The highest BCUT2D eigenvalue weighted by Gasteiger charge is 2.46. The van der Waals surface area contributed by atoms with Gasteiger partial charge in [-0.25, -0.2) is 4.39 Å². The summed E-state index contributed by atoms with van der Waals surface area (Å²) in [5, 5.41) is 2.92. The van der Waals surface area contributed by atoms with Crippen LogP contribution in [0.2, 0.25) is 0 Å². The number of pyridine rings is 1. The highest BCUT2D eigenvalue weighted by Crippen LogP contribution is 2.38. The second kappa shape index (κ2) is 9.77. The summed E-state index contributed by atoms with van der Waals surface area (Å²) in [6, 6.07) is 17.6. The third-order valence-corrected chi connectivity index (χ3v) is 6.15. The molecule has 2 heterocycles. The van der Waals surface area contributed by atoms with Crippen molar-refractivity contribution in [2.75, 3.05) is 19.6 Å². The van der Waals surface area contributed by atoms with Gasteiger partial charge in [-0.05, 0) is 42.2 Å². The summed E-state index contributed by atoms with van der Waals surface area (Å²) in [5.74, 6) is -0.592. The smallest absolute Gasteiger partial charge is 0.255 e. The first-order valence-electron chi connectivity index (χ1n) is 11.0. The molecule has 1 atom stereocenters. The van der Waals surface area contributed by atoms with E-state index in [1.54, 1.807) is 47.5 Å². The van der Waals surface area contributed by atoms with Crippen molar-refractivity contribution in [3.8, 4) is 11.1 Å². The van der Waals surface area contributed by atoms with Gasteiger partial charge in [0.1, 0.15) is 5.82 Å². The fourth-order valence-electron chi connectivity index (χ4n) is 4.46. The van der Waals surface area contributed by atoms with E-state index in [4.69, 9.17) is 0 Å². The van der Waals surface area contributed by atoms with E-state index in [1.165, 1.54) is 12.3 Å². The standard InChI is InChI=1S/C27H26FN3O2/c1-2-14-30-26(33)27(13-16-31(19-27)25(32)21-9-7-15-29-18-21)17-20-8-3-4-10-22(20)23-11-5-6-12-24(23)28/h2-12,15,18H,1,13-14,16-17,19H2,(H,30,33). The second-order valence-electron chi connectivity index (χ2n) is 8.31. The van der Waals surface area contributed by atoms with Crippen molar-refractivity contribution in [1.29, 1.82) is 0 Å². The van der Waals surface area contributed by atoms with Crippen LogP contribution in [0.5, 0.6) is 0 Å². The van der Waals surface area contributed by atoms with Crippen LogP contribution in [-0.2, 0) is 11.2 Å². The van der Waals surface area contributed by atoms with Crippen LogP contribution < -0.4 is 5.32 Å². The molecule has 0 spiro atoms. The van der Waals surface area contributed by atoms with E-state index < -0.39 is 5.41 Å². The first kappa shape index (κ1) is 22.4. The van der Waals surface area contributed by atoms with Crippen LogP contribution in [0.15, 0.2) is 85.7 Å². The van der Waals surface area contributed by atoms with Gasteiger partial charge >= 0.3 is 0 Å². The minimum absolute atomic E-state index is 0.132. The molecule has 2 aromatic carbocycles. The molecule has 1 aliphatic rings. The Labute approximate surface area is 193 Å². The average molecular weight is 444 g/mol. The summed E-state index contributed by atoms with van der Waals surface area (Å²) in [6.45, 7) is 4.75. The topological polar surface area (TPSA) is 62.3 Å². The molecule has 4 rings (SSSR count). The van der Waals surface area contributed by atoms with Gasteiger partial charge in [-0.3, -0.25) is 14.6 Å². The lowest BCUT2D eigenvalue weighted by atomic mass is 9.78. The molecule has 2 amide bonds. The normalized spacial score (nSPS) is 17.5. The Morgan fingerprint density at radius 3 is 2.58 bits per heavy atom. The highest BCUT2D eigenvalue weighted by atomic mass is 19.1. The average Bonchev–Trinajstić information content (AvgIpc) is 3.28. The van der Waals surface area contributed by atoms with Crippen LogP contribution >= 0.6 is 0 Å². The van der Waals surface area contributed by atoms with Gasteiger partial charge in [0.05, 0.1) is 11.0 Å². The maximum absolute atomic E-state index is 14.6. The number of nitrogens with one attached hydrogen (secondary N) is 1. The van der Waals surface area contributed by atoms with E-state index in [2.05, 4.69) is 16.9 Å². The van der Waals surface area contributed by atoms with Gasteiger partial charge in [0.2, 0.25) is 5.91 Å². The quantitative estimate of drug-likeness (QED) is 0.555. The third kappa shape index (κ3) is 4.70. The molecule has 0 aliphatic carbocycles. The molecule has 0 saturated carbocycles. The Morgan fingerprint density at radius 2 is 1.85 bits per heavy atom. The number of hydrogen-bond donors (Lipinski definition) is 1. The van der Waals surface area contributed by atoms with E-state index >= 15 is 0 Å². The summed E-state index contributed by atoms with van der Waals surface area (Å²) in [5.41, 5.74) is 1.78. The minimum atomic E-state index is -0.831. The molecule has 3 aromatic rings. The molecule has 6 heteroatoms. The molecule has 5 nitrogen and oxygen atoms in total. The summed E-state index contributed by atoms with van der Waals surface area (Å²) < 4.78 is 14.6. The monoisotopic (exact) mass is 443 g/mol. The third-order valence-electron chi connectivity index (χ3n) is 6.15. The number of hydrogen-bond acceptors (Lipinski definition) is 3. The summed E-state index contributed by atoms with van der Waals surface area (Å²) >= 11 is 0. The van der Waals surface area contributed by atoms with Crippen molar-refractivity contribution in [2.45, 2.75) is 12.8 Å². The summed E-state index contributed by atoms with van der Waals surface area (Å²) in [7, 11) is 0. The van der Waals surface area contributed by atoms with Crippen molar-refractivity contribution in [1.82, 2.24) is 15.2 Å². The largest absolute Gasteiger partial charge is 0.352 e. The Hall–Kier alpha value is -3.80. The predicted molar refractivity (Wildman–Crippen MR) is 126 cm³/mol. The lowest BCUT2D eigenvalue weighted by molar-refractivity contribution is -0.130. The maximum Gasteiger partial charge on any atom is 0.255 e. The Kier molecular flexibility index (Phi) is 6.63. The molecule has 1 aromatic heterocycles. The van der Waals surface area contributed by atoms with Crippen molar-refractivity contribution >= 4 is 11.8 Å². The van der Waals surface area contributed by atoms with Gasteiger partial charge in [0.15, 0.2) is 0 Å². The Bertz CT molecular complexity index is 1160. The second-order valence-corrected chi connectivity index (χ2v) is 8.31. The number of carbonyl (C=O) groups excluding carboxylic acids is 2. The van der Waals surface area contributed by atoms with E-state index in [0.29, 0.717) is 37.1 Å². The van der Waals surface area contributed by atoms with Crippen LogP contribution in [0.4, 0.5) is 4.39 Å². The number of aromatic nitrogens is 1. The predicted octanol–water partition coefficient (Wildman–Crippen LogP) is 4.26.